The highest BCUT2D eigenvalue weighted by molar-refractivity contribution is 8.00. The molecule has 0 aromatic rings. The van der Waals surface area contributed by atoms with Crippen LogP contribution in [0.1, 0.15) is 32.6 Å². The molecule has 1 heterocycles. The molecule has 6 heteroatoms. The summed E-state index contributed by atoms with van der Waals surface area (Å²) in [6.07, 6.45) is 4.27. The van der Waals surface area contributed by atoms with Crippen LogP contribution in [0.4, 0.5) is 0 Å². The van der Waals surface area contributed by atoms with Gasteiger partial charge in [-0.3, -0.25) is 4.79 Å². The van der Waals surface area contributed by atoms with Gasteiger partial charge in [-0.25, -0.2) is 4.79 Å². The number of hydrogen-bond acceptors (Lipinski definition) is 5. The summed E-state index contributed by atoms with van der Waals surface area (Å²) >= 11 is 1.66. The Morgan fingerprint density at radius 3 is 2.63 bits per heavy atom. The molecule has 110 valence electrons. The first-order valence-corrected chi connectivity index (χ1v) is 7.70. The molecular weight excluding hydrogens is 266 g/mol. The number of hydrogen-bond donors (Lipinski definition) is 0. The third-order valence-corrected chi connectivity index (χ3v) is 4.53. The predicted octanol–water partition coefficient (Wildman–Crippen LogP) is 1.66. The van der Waals surface area contributed by atoms with E-state index in [4.69, 9.17) is 9.47 Å². The van der Waals surface area contributed by atoms with E-state index in [0.29, 0.717) is 5.75 Å². The summed E-state index contributed by atoms with van der Waals surface area (Å²) < 4.78 is 9.68. The van der Waals surface area contributed by atoms with Crippen molar-refractivity contribution in [2.24, 2.45) is 0 Å². The van der Waals surface area contributed by atoms with Crippen LogP contribution in [0.2, 0.25) is 0 Å². The van der Waals surface area contributed by atoms with Crippen LogP contribution in [-0.4, -0.2) is 54.8 Å². The lowest BCUT2D eigenvalue weighted by Gasteiger charge is -2.27. The number of ether oxygens (including phenoxy) is 2. The standard InChI is InChI=1S/C13H23NO4S/c1-4-5-6-7-12-14(11(15)8-17-2)10(9-19-12)13(16)18-3/h10,12H,4-9H2,1-3H3. The summed E-state index contributed by atoms with van der Waals surface area (Å²) in [6, 6.07) is -0.468. The lowest BCUT2D eigenvalue weighted by molar-refractivity contribution is -0.153. The summed E-state index contributed by atoms with van der Waals surface area (Å²) in [7, 11) is 2.84. The third-order valence-electron chi connectivity index (χ3n) is 3.18. The molecule has 0 aromatic carbocycles. The monoisotopic (exact) mass is 289 g/mol. The quantitative estimate of drug-likeness (QED) is 0.527. The average molecular weight is 289 g/mol. The number of nitrogens with zero attached hydrogens (tertiary/aromatic N) is 1. The Morgan fingerprint density at radius 2 is 2.05 bits per heavy atom. The minimum Gasteiger partial charge on any atom is -0.467 e. The summed E-state index contributed by atoms with van der Waals surface area (Å²) in [6.45, 7) is 2.16. The lowest BCUT2D eigenvalue weighted by atomic mass is 10.1. The van der Waals surface area contributed by atoms with Gasteiger partial charge in [0.2, 0.25) is 5.91 Å². The molecule has 5 nitrogen and oxygen atoms in total. The minimum absolute atomic E-state index is 0.0122. The van der Waals surface area contributed by atoms with Crippen molar-refractivity contribution in [1.29, 1.82) is 0 Å². The first-order chi connectivity index (χ1) is 9.15. The molecule has 0 saturated carbocycles. The predicted molar refractivity (Wildman–Crippen MR) is 74.9 cm³/mol. The lowest BCUT2D eigenvalue weighted by Crippen LogP contribution is -2.47. The maximum Gasteiger partial charge on any atom is 0.329 e. The molecule has 1 fully saturated rings. The highest BCUT2D eigenvalue weighted by Gasteiger charge is 2.41. The number of carbonyl (C=O) groups is 2. The molecule has 1 amide bonds. The third kappa shape index (κ3) is 4.38. The normalized spacial score (nSPS) is 22.6. The van der Waals surface area contributed by atoms with Gasteiger partial charge in [0.15, 0.2) is 0 Å². The number of amides is 1. The largest absolute Gasteiger partial charge is 0.467 e. The summed E-state index contributed by atoms with van der Waals surface area (Å²) in [4.78, 5) is 25.5. The second-order valence-electron chi connectivity index (χ2n) is 4.56. The van der Waals surface area contributed by atoms with Crippen molar-refractivity contribution in [1.82, 2.24) is 4.90 Å². The number of rotatable bonds is 7. The van der Waals surface area contributed by atoms with E-state index < -0.39 is 6.04 Å². The van der Waals surface area contributed by atoms with Gasteiger partial charge in [0.05, 0.1) is 12.5 Å². The highest BCUT2D eigenvalue weighted by Crippen LogP contribution is 2.33. The summed E-state index contributed by atoms with van der Waals surface area (Å²) in [5.41, 5.74) is 0. The van der Waals surface area contributed by atoms with Crippen LogP contribution in [0.15, 0.2) is 0 Å². The van der Waals surface area contributed by atoms with Gasteiger partial charge in [0.1, 0.15) is 12.6 Å². The fraction of sp³-hybridized carbons (Fsp3) is 0.846. The summed E-state index contributed by atoms with van der Waals surface area (Å²) in [5, 5.41) is 0.0679. The van der Waals surface area contributed by atoms with E-state index in [-0.39, 0.29) is 23.9 Å². The van der Waals surface area contributed by atoms with E-state index in [9.17, 15) is 9.59 Å². The average Bonchev–Trinajstić information content (AvgIpc) is 2.82. The van der Waals surface area contributed by atoms with E-state index in [2.05, 4.69) is 6.92 Å². The zero-order valence-corrected chi connectivity index (χ0v) is 12.7. The number of methoxy groups -OCH3 is 2. The molecule has 1 aliphatic heterocycles. The molecule has 0 N–H and O–H groups in total. The second-order valence-corrected chi connectivity index (χ2v) is 5.77. The summed E-state index contributed by atoms with van der Waals surface area (Å²) in [5.74, 6) is 0.137. The van der Waals surface area contributed by atoms with E-state index in [1.165, 1.54) is 14.2 Å². The molecular formula is C13H23NO4S. The smallest absolute Gasteiger partial charge is 0.329 e. The molecule has 19 heavy (non-hydrogen) atoms. The minimum atomic E-state index is -0.468. The van der Waals surface area contributed by atoms with Crippen molar-refractivity contribution < 1.29 is 19.1 Å². The molecule has 0 bridgehead atoms. The zero-order valence-electron chi connectivity index (χ0n) is 11.9. The molecule has 0 radical (unpaired) electrons. The number of carbonyl (C=O) groups excluding carboxylic acids is 2. The first kappa shape index (κ1) is 16.3. The Morgan fingerprint density at radius 1 is 1.32 bits per heavy atom. The van der Waals surface area contributed by atoms with Crippen molar-refractivity contribution in [3.8, 4) is 0 Å². The Bertz CT molecular complexity index is 311. The topological polar surface area (TPSA) is 55.8 Å². The Balaban J connectivity index is 2.69. The number of unbranched alkanes of at least 4 members (excludes halogenated alkanes) is 2. The molecule has 2 atom stereocenters. The molecule has 0 aromatic heterocycles. The van der Waals surface area contributed by atoms with Gasteiger partial charge in [-0.1, -0.05) is 26.2 Å². The van der Waals surface area contributed by atoms with Crippen LogP contribution < -0.4 is 0 Å². The second kappa shape index (κ2) is 8.43. The van der Waals surface area contributed by atoms with Gasteiger partial charge in [0, 0.05) is 12.9 Å². The number of esters is 1. The van der Waals surface area contributed by atoms with Crippen LogP contribution in [0.3, 0.4) is 0 Å². The van der Waals surface area contributed by atoms with Gasteiger partial charge in [-0.15, -0.1) is 11.8 Å². The van der Waals surface area contributed by atoms with Gasteiger partial charge in [-0.05, 0) is 6.42 Å². The van der Waals surface area contributed by atoms with Gasteiger partial charge >= 0.3 is 5.97 Å². The van der Waals surface area contributed by atoms with Gasteiger partial charge in [-0.2, -0.15) is 0 Å². The maximum atomic E-state index is 12.1. The highest BCUT2D eigenvalue weighted by atomic mass is 32.2. The maximum absolute atomic E-state index is 12.1. The van der Waals surface area contributed by atoms with Gasteiger partial charge in [0.25, 0.3) is 0 Å². The van der Waals surface area contributed by atoms with E-state index in [1.54, 1.807) is 16.7 Å². The molecule has 0 aliphatic carbocycles. The van der Waals surface area contributed by atoms with E-state index in [0.717, 1.165) is 25.7 Å². The van der Waals surface area contributed by atoms with Crippen LogP contribution in [0, 0.1) is 0 Å². The van der Waals surface area contributed by atoms with Crippen molar-refractivity contribution in [3.05, 3.63) is 0 Å². The molecule has 2 unspecified atom stereocenters. The Labute approximate surface area is 119 Å². The number of thioether (sulfide) groups is 1. The SMILES string of the molecule is CCCCCC1SCC(C(=O)OC)N1C(=O)COC. The zero-order chi connectivity index (χ0) is 14.3. The van der Waals surface area contributed by atoms with Gasteiger partial charge < -0.3 is 14.4 Å². The van der Waals surface area contributed by atoms with Crippen LogP contribution in [0.25, 0.3) is 0 Å². The van der Waals surface area contributed by atoms with Crippen molar-refractivity contribution in [2.45, 2.75) is 44.0 Å². The van der Waals surface area contributed by atoms with E-state index >= 15 is 0 Å². The van der Waals surface area contributed by atoms with E-state index in [1.807, 2.05) is 0 Å². The fourth-order valence-electron chi connectivity index (χ4n) is 2.20. The Hall–Kier alpha value is -0.750. The molecule has 1 rings (SSSR count). The van der Waals surface area contributed by atoms with Crippen LogP contribution in [-0.2, 0) is 19.1 Å². The fourth-order valence-corrected chi connectivity index (χ4v) is 3.66. The molecule has 1 aliphatic rings. The van der Waals surface area contributed by atoms with Crippen LogP contribution >= 0.6 is 11.8 Å². The van der Waals surface area contributed by atoms with Crippen molar-refractivity contribution >= 4 is 23.6 Å². The van der Waals surface area contributed by atoms with Crippen molar-refractivity contribution in [3.63, 3.8) is 0 Å². The molecule has 0 spiro atoms. The first-order valence-electron chi connectivity index (χ1n) is 6.65. The van der Waals surface area contributed by atoms with Crippen LogP contribution in [0.5, 0.6) is 0 Å². The van der Waals surface area contributed by atoms with Crippen molar-refractivity contribution in [2.75, 3.05) is 26.6 Å². The molecule has 1 saturated heterocycles. The Kier molecular flexibility index (Phi) is 7.23.